The van der Waals surface area contributed by atoms with E-state index in [1.165, 1.54) is 0 Å². The molecule has 2 aromatic carbocycles. The van der Waals surface area contributed by atoms with Crippen LogP contribution in [0.3, 0.4) is 0 Å². The van der Waals surface area contributed by atoms with Gasteiger partial charge in [-0.05, 0) is 50.6 Å². The molecule has 1 unspecified atom stereocenters. The van der Waals surface area contributed by atoms with E-state index >= 15 is 0 Å². The van der Waals surface area contributed by atoms with Crippen LogP contribution in [0.5, 0.6) is 0 Å². The second-order valence-corrected chi connectivity index (χ2v) is 6.58. The van der Waals surface area contributed by atoms with Gasteiger partial charge >= 0.3 is 6.09 Å². The summed E-state index contributed by atoms with van der Waals surface area (Å²) in [5, 5.41) is 5.38. The first-order valence-electron chi connectivity index (χ1n) is 7.96. The smallest absolute Gasteiger partial charge is 0.412 e. The molecule has 0 saturated heterocycles. The topological polar surface area (TPSA) is 93.5 Å². The van der Waals surface area contributed by atoms with Crippen LogP contribution in [0, 0.1) is 0 Å². The first-order chi connectivity index (χ1) is 11.7. The summed E-state index contributed by atoms with van der Waals surface area (Å²) >= 11 is 0. The number of ether oxygens (including phenoxy) is 1. The molecule has 0 saturated carbocycles. The minimum atomic E-state index is -0.749. The normalized spacial score (nSPS) is 12.2. The van der Waals surface area contributed by atoms with Gasteiger partial charge < -0.3 is 15.8 Å². The van der Waals surface area contributed by atoms with Gasteiger partial charge in [-0.1, -0.05) is 30.3 Å². The van der Waals surface area contributed by atoms with E-state index in [0.717, 1.165) is 5.56 Å². The molecule has 0 aliphatic heterocycles. The van der Waals surface area contributed by atoms with Gasteiger partial charge in [0, 0.05) is 11.4 Å². The van der Waals surface area contributed by atoms with Crippen molar-refractivity contribution in [3.63, 3.8) is 0 Å². The Hall–Kier alpha value is -2.86. The number of hydrogen-bond donors (Lipinski definition) is 3. The zero-order valence-electron chi connectivity index (χ0n) is 14.6. The van der Waals surface area contributed by atoms with Gasteiger partial charge in [0.15, 0.2) is 0 Å². The van der Waals surface area contributed by atoms with Crippen LogP contribution in [0.15, 0.2) is 54.6 Å². The number of anilines is 2. The quantitative estimate of drug-likeness (QED) is 0.791. The van der Waals surface area contributed by atoms with Crippen molar-refractivity contribution in [2.24, 2.45) is 5.73 Å². The van der Waals surface area contributed by atoms with E-state index < -0.39 is 17.7 Å². The number of carbonyl (C=O) groups excluding carboxylic acids is 2. The molecule has 6 nitrogen and oxygen atoms in total. The van der Waals surface area contributed by atoms with Crippen LogP contribution >= 0.6 is 0 Å². The Morgan fingerprint density at radius 2 is 1.44 bits per heavy atom. The molecule has 0 radical (unpaired) electrons. The summed E-state index contributed by atoms with van der Waals surface area (Å²) < 4.78 is 5.18. The van der Waals surface area contributed by atoms with Gasteiger partial charge in [-0.3, -0.25) is 10.1 Å². The van der Waals surface area contributed by atoms with Gasteiger partial charge in [0.2, 0.25) is 5.91 Å². The third kappa shape index (κ3) is 5.93. The molecular weight excluding hydrogens is 318 g/mol. The highest BCUT2D eigenvalue weighted by Gasteiger charge is 2.17. The average Bonchev–Trinajstić information content (AvgIpc) is 2.55. The molecule has 0 heterocycles. The molecule has 0 aliphatic rings. The Kier molecular flexibility index (Phi) is 5.77. The lowest BCUT2D eigenvalue weighted by atomic mass is 10.1. The molecule has 0 spiro atoms. The molecule has 1 atom stereocenters. The molecule has 132 valence electrons. The van der Waals surface area contributed by atoms with Gasteiger partial charge in [0.25, 0.3) is 0 Å². The fourth-order valence-corrected chi connectivity index (χ4v) is 2.09. The van der Waals surface area contributed by atoms with Crippen LogP contribution in [0.2, 0.25) is 0 Å². The van der Waals surface area contributed by atoms with Crippen molar-refractivity contribution < 1.29 is 14.3 Å². The summed E-state index contributed by atoms with van der Waals surface area (Å²) in [6, 6.07) is 15.1. The number of nitrogens with two attached hydrogens (primary N) is 1. The summed E-state index contributed by atoms with van der Waals surface area (Å²) in [4.78, 5) is 23.9. The number of carbonyl (C=O) groups is 2. The second kappa shape index (κ2) is 7.81. The molecule has 0 fully saturated rings. The van der Waals surface area contributed by atoms with Crippen LogP contribution in [0.4, 0.5) is 16.2 Å². The SMILES string of the molecule is CC(C)(C)OC(=O)Nc1ccc(NC(=O)C(N)c2ccccc2)cc1. The van der Waals surface area contributed by atoms with Gasteiger partial charge in [0.1, 0.15) is 11.6 Å². The molecule has 2 amide bonds. The fraction of sp³-hybridized carbons (Fsp3) is 0.263. The van der Waals surface area contributed by atoms with Crippen molar-refractivity contribution in [3.8, 4) is 0 Å². The summed E-state index contributed by atoms with van der Waals surface area (Å²) in [5.74, 6) is -0.306. The van der Waals surface area contributed by atoms with E-state index in [1.54, 1.807) is 57.2 Å². The zero-order chi connectivity index (χ0) is 18.4. The van der Waals surface area contributed by atoms with Crippen LogP contribution < -0.4 is 16.4 Å². The van der Waals surface area contributed by atoms with Crippen molar-refractivity contribution in [1.82, 2.24) is 0 Å². The predicted molar refractivity (Wildman–Crippen MR) is 98.3 cm³/mol. The standard InChI is InChI=1S/C19H23N3O3/c1-19(2,3)25-18(24)22-15-11-9-14(10-12-15)21-17(23)16(20)13-7-5-4-6-8-13/h4-12,16H,20H2,1-3H3,(H,21,23)(H,22,24). The Balaban J connectivity index is 1.94. The highest BCUT2D eigenvalue weighted by atomic mass is 16.6. The van der Waals surface area contributed by atoms with Crippen molar-refractivity contribution in [2.75, 3.05) is 10.6 Å². The Labute approximate surface area is 147 Å². The Morgan fingerprint density at radius 1 is 0.920 bits per heavy atom. The van der Waals surface area contributed by atoms with Gasteiger partial charge in [-0.15, -0.1) is 0 Å². The lowest BCUT2D eigenvalue weighted by molar-refractivity contribution is -0.117. The number of benzene rings is 2. The molecule has 0 aromatic heterocycles. The molecule has 25 heavy (non-hydrogen) atoms. The first-order valence-corrected chi connectivity index (χ1v) is 7.96. The maximum absolute atomic E-state index is 12.2. The molecular formula is C19H23N3O3. The number of nitrogens with one attached hydrogen (secondary N) is 2. The Bertz CT molecular complexity index is 722. The van der Waals surface area contributed by atoms with Gasteiger partial charge in [-0.2, -0.15) is 0 Å². The summed E-state index contributed by atoms with van der Waals surface area (Å²) in [6.45, 7) is 5.38. The molecule has 2 rings (SSSR count). The van der Waals surface area contributed by atoms with E-state index in [1.807, 2.05) is 18.2 Å². The largest absolute Gasteiger partial charge is 0.444 e. The second-order valence-electron chi connectivity index (χ2n) is 6.58. The van der Waals surface area contributed by atoms with Gasteiger partial charge in [-0.25, -0.2) is 4.79 Å². The minimum absolute atomic E-state index is 0.306. The number of hydrogen-bond acceptors (Lipinski definition) is 4. The summed E-state index contributed by atoms with van der Waals surface area (Å²) in [6.07, 6.45) is -0.532. The van der Waals surface area contributed by atoms with E-state index in [2.05, 4.69) is 10.6 Å². The third-order valence-electron chi connectivity index (χ3n) is 3.24. The lowest BCUT2D eigenvalue weighted by Gasteiger charge is -2.19. The average molecular weight is 341 g/mol. The molecule has 4 N–H and O–H groups in total. The lowest BCUT2D eigenvalue weighted by Crippen LogP contribution is -2.28. The molecule has 0 aliphatic carbocycles. The van der Waals surface area contributed by atoms with Crippen molar-refractivity contribution in [3.05, 3.63) is 60.2 Å². The number of rotatable bonds is 4. The highest BCUT2D eigenvalue weighted by molar-refractivity contribution is 5.95. The van der Waals surface area contributed by atoms with Crippen LogP contribution in [-0.2, 0) is 9.53 Å². The van der Waals surface area contributed by atoms with Crippen molar-refractivity contribution in [1.29, 1.82) is 0 Å². The van der Waals surface area contributed by atoms with Crippen molar-refractivity contribution in [2.45, 2.75) is 32.4 Å². The van der Waals surface area contributed by atoms with E-state index in [4.69, 9.17) is 10.5 Å². The minimum Gasteiger partial charge on any atom is -0.444 e. The zero-order valence-corrected chi connectivity index (χ0v) is 14.6. The van der Waals surface area contributed by atoms with Crippen LogP contribution in [-0.4, -0.2) is 17.6 Å². The van der Waals surface area contributed by atoms with Crippen LogP contribution in [0.25, 0.3) is 0 Å². The fourth-order valence-electron chi connectivity index (χ4n) is 2.09. The van der Waals surface area contributed by atoms with E-state index in [-0.39, 0.29) is 5.91 Å². The monoisotopic (exact) mass is 341 g/mol. The van der Waals surface area contributed by atoms with Crippen molar-refractivity contribution >= 4 is 23.4 Å². The molecule has 0 bridgehead atoms. The summed E-state index contributed by atoms with van der Waals surface area (Å²) in [5.41, 5.74) is 7.29. The predicted octanol–water partition coefficient (Wildman–Crippen LogP) is 3.67. The van der Waals surface area contributed by atoms with E-state index in [0.29, 0.717) is 11.4 Å². The third-order valence-corrected chi connectivity index (χ3v) is 3.24. The highest BCUT2D eigenvalue weighted by Crippen LogP contribution is 2.17. The maximum atomic E-state index is 12.2. The van der Waals surface area contributed by atoms with Crippen LogP contribution in [0.1, 0.15) is 32.4 Å². The Morgan fingerprint density at radius 3 is 1.96 bits per heavy atom. The maximum Gasteiger partial charge on any atom is 0.412 e. The molecule has 2 aromatic rings. The molecule has 6 heteroatoms. The van der Waals surface area contributed by atoms with E-state index in [9.17, 15) is 9.59 Å². The summed E-state index contributed by atoms with van der Waals surface area (Å²) in [7, 11) is 0. The first kappa shape index (κ1) is 18.5. The van der Waals surface area contributed by atoms with Gasteiger partial charge in [0.05, 0.1) is 0 Å². The number of amides is 2.